The highest BCUT2D eigenvalue weighted by molar-refractivity contribution is 4.96. The first-order chi connectivity index (χ1) is 12.8. The van der Waals surface area contributed by atoms with Gasteiger partial charge in [-0.15, -0.1) is 0 Å². The van der Waals surface area contributed by atoms with E-state index in [1.807, 2.05) is 0 Å². The summed E-state index contributed by atoms with van der Waals surface area (Å²) < 4.78 is 0. The fraction of sp³-hybridized carbons (Fsp3) is 0.917. The molecular formula is C24H48N2. The van der Waals surface area contributed by atoms with Gasteiger partial charge in [0.2, 0.25) is 0 Å². The topological polar surface area (TPSA) is 6.48 Å². The van der Waals surface area contributed by atoms with Crippen molar-refractivity contribution in [3.63, 3.8) is 0 Å². The maximum atomic E-state index is 2.61. The predicted octanol–water partition coefficient (Wildman–Crippen LogP) is 7.70. The van der Waals surface area contributed by atoms with Gasteiger partial charge in [-0.25, -0.2) is 0 Å². The third kappa shape index (κ3) is 10.5. The van der Waals surface area contributed by atoms with Crippen molar-refractivity contribution in [1.29, 1.82) is 0 Å². The number of unbranched alkanes of at least 4 members (excludes halogenated alkanes) is 13. The Kier molecular flexibility index (Phi) is 14.8. The van der Waals surface area contributed by atoms with Gasteiger partial charge in [0.1, 0.15) is 6.17 Å². The summed E-state index contributed by atoms with van der Waals surface area (Å²) in [4.78, 5) is 5.14. The van der Waals surface area contributed by atoms with Gasteiger partial charge in [0.25, 0.3) is 0 Å². The van der Waals surface area contributed by atoms with Gasteiger partial charge in [0.15, 0.2) is 0 Å². The van der Waals surface area contributed by atoms with Crippen LogP contribution in [0.5, 0.6) is 0 Å². The normalized spacial score (nSPS) is 16.8. The monoisotopic (exact) mass is 364 g/mol. The molecule has 0 radical (unpaired) electrons. The summed E-state index contributed by atoms with van der Waals surface area (Å²) in [5.74, 6) is 0. The van der Waals surface area contributed by atoms with Crippen LogP contribution < -0.4 is 0 Å². The minimum Gasteiger partial charge on any atom is -0.356 e. The highest BCUT2D eigenvalue weighted by Crippen LogP contribution is 2.22. The molecule has 0 aromatic rings. The quantitative estimate of drug-likeness (QED) is 0.230. The van der Waals surface area contributed by atoms with Crippen LogP contribution in [0.1, 0.15) is 124 Å². The summed E-state index contributed by atoms with van der Waals surface area (Å²) in [5, 5.41) is 0. The van der Waals surface area contributed by atoms with Gasteiger partial charge in [0.05, 0.1) is 0 Å². The lowest BCUT2D eigenvalue weighted by Crippen LogP contribution is -2.38. The molecule has 0 bridgehead atoms. The van der Waals surface area contributed by atoms with Crippen molar-refractivity contribution < 1.29 is 0 Å². The standard InChI is InChI=1S/C24H48N2/c1-4-7-9-11-12-13-14-15-16-17-18-20-24-25(6-3)22-23-26(24)21-19-10-8-5-2/h22-24H,4-21H2,1-3H3. The second-order valence-corrected chi connectivity index (χ2v) is 8.23. The van der Waals surface area contributed by atoms with Crippen molar-refractivity contribution in [3.05, 3.63) is 12.4 Å². The molecule has 0 spiro atoms. The fourth-order valence-electron chi connectivity index (χ4n) is 4.14. The number of hydrogen-bond donors (Lipinski definition) is 0. The van der Waals surface area contributed by atoms with E-state index in [-0.39, 0.29) is 0 Å². The molecule has 0 N–H and O–H groups in total. The molecule has 2 heteroatoms. The van der Waals surface area contributed by atoms with E-state index in [1.54, 1.807) is 0 Å². The molecule has 0 aliphatic carbocycles. The van der Waals surface area contributed by atoms with Crippen LogP contribution in [0.25, 0.3) is 0 Å². The Hall–Kier alpha value is -0.660. The van der Waals surface area contributed by atoms with E-state index in [0.29, 0.717) is 6.17 Å². The Bertz CT molecular complexity index is 326. The van der Waals surface area contributed by atoms with Gasteiger partial charge >= 0.3 is 0 Å². The third-order valence-electron chi connectivity index (χ3n) is 5.92. The van der Waals surface area contributed by atoms with Crippen LogP contribution in [0.3, 0.4) is 0 Å². The maximum Gasteiger partial charge on any atom is 0.101 e. The molecule has 1 aliphatic heterocycles. The van der Waals surface area contributed by atoms with Gasteiger partial charge in [-0.2, -0.15) is 0 Å². The Morgan fingerprint density at radius 2 is 1.00 bits per heavy atom. The van der Waals surface area contributed by atoms with Crippen LogP contribution in [0.4, 0.5) is 0 Å². The van der Waals surface area contributed by atoms with Crippen molar-refractivity contribution in [2.75, 3.05) is 13.1 Å². The molecule has 1 aliphatic rings. The molecule has 0 fully saturated rings. The SMILES string of the molecule is CCCCCCCCCCCCCC1N(CC)C=CN1CCCCCC. The molecule has 26 heavy (non-hydrogen) atoms. The van der Waals surface area contributed by atoms with Crippen molar-refractivity contribution in [2.45, 2.75) is 130 Å². The first-order valence-corrected chi connectivity index (χ1v) is 12.0. The summed E-state index contributed by atoms with van der Waals surface area (Å²) in [7, 11) is 0. The van der Waals surface area contributed by atoms with Crippen LogP contribution in [0.2, 0.25) is 0 Å². The van der Waals surface area contributed by atoms with Crippen LogP contribution in [0, 0.1) is 0 Å². The lowest BCUT2D eigenvalue weighted by Gasteiger charge is -2.32. The number of rotatable bonds is 18. The Balaban J connectivity index is 2.04. The van der Waals surface area contributed by atoms with Gasteiger partial charge in [-0.05, 0) is 26.2 Å². The van der Waals surface area contributed by atoms with E-state index >= 15 is 0 Å². The minimum absolute atomic E-state index is 0.639. The van der Waals surface area contributed by atoms with Crippen molar-refractivity contribution >= 4 is 0 Å². The van der Waals surface area contributed by atoms with Crippen LogP contribution in [-0.2, 0) is 0 Å². The number of hydrogen-bond acceptors (Lipinski definition) is 2. The van der Waals surface area contributed by atoms with E-state index in [0.717, 1.165) is 6.54 Å². The Morgan fingerprint density at radius 1 is 0.538 bits per heavy atom. The Morgan fingerprint density at radius 3 is 1.54 bits per heavy atom. The van der Waals surface area contributed by atoms with E-state index in [1.165, 1.54) is 109 Å². The highest BCUT2D eigenvalue weighted by atomic mass is 15.4. The van der Waals surface area contributed by atoms with Crippen LogP contribution >= 0.6 is 0 Å². The van der Waals surface area contributed by atoms with Gasteiger partial charge in [-0.3, -0.25) is 0 Å². The van der Waals surface area contributed by atoms with Gasteiger partial charge in [0, 0.05) is 25.5 Å². The summed E-state index contributed by atoms with van der Waals surface area (Å²) in [6.45, 7) is 9.27. The first-order valence-electron chi connectivity index (χ1n) is 12.0. The second kappa shape index (κ2) is 16.5. The molecule has 0 saturated heterocycles. The van der Waals surface area contributed by atoms with E-state index in [2.05, 4.69) is 43.0 Å². The molecule has 1 atom stereocenters. The maximum absolute atomic E-state index is 2.61. The van der Waals surface area contributed by atoms with Crippen LogP contribution in [-0.4, -0.2) is 29.1 Å². The largest absolute Gasteiger partial charge is 0.356 e. The van der Waals surface area contributed by atoms with Crippen molar-refractivity contribution in [1.82, 2.24) is 9.80 Å². The molecule has 0 aromatic carbocycles. The molecule has 1 rings (SSSR count). The zero-order chi connectivity index (χ0) is 18.9. The number of nitrogens with zero attached hydrogens (tertiary/aromatic N) is 2. The molecule has 0 aromatic heterocycles. The second-order valence-electron chi connectivity index (χ2n) is 8.23. The van der Waals surface area contributed by atoms with Crippen molar-refractivity contribution in [3.8, 4) is 0 Å². The fourth-order valence-corrected chi connectivity index (χ4v) is 4.14. The summed E-state index contributed by atoms with van der Waals surface area (Å²) in [6.07, 6.45) is 27.9. The molecule has 154 valence electrons. The van der Waals surface area contributed by atoms with Gasteiger partial charge < -0.3 is 9.80 Å². The van der Waals surface area contributed by atoms with E-state index < -0.39 is 0 Å². The lowest BCUT2D eigenvalue weighted by molar-refractivity contribution is 0.142. The zero-order valence-corrected chi connectivity index (χ0v) is 18.4. The zero-order valence-electron chi connectivity index (χ0n) is 18.4. The summed E-state index contributed by atoms with van der Waals surface area (Å²) >= 11 is 0. The van der Waals surface area contributed by atoms with E-state index in [4.69, 9.17) is 0 Å². The third-order valence-corrected chi connectivity index (χ3v) is 5.92. The average Bonchev–Trinajstić information content (AvgIpc) is 3.05. The molecule has 0 saturated carbocycles. The molecule has 1 heterocycles. The molecule has 2 nitrogen and oxygen atoms in total. The van der Waals surface area contributed by atoms with Gasteiger partial charge in [-0.1, -0.05) is 97.3 Å². The average molecular weight is 365 g/mol. The highest BCUT2D eigenvalue weighted by Gasteiger charge is 2.23. The summed E-state index contributed by atoms with van der Waals surface area (Å²) in [5.41, 5.74) is 0. The molecular weight excluding hydrogens is 316 g/mol. The smallest absolute Gasteiger partial charge is 0.101 e. The molecule has 1 unspecified atom stereocenters. The van der Waals surface area contributed by atoms with E-state index in [9.17, 15) is 0 Å². The molecule has 0 amide bonds. The minimum atomic E-state index is 0.639. The Labute approximate surface area is 165 Å². The van der Waals surface area contributed by atoms with Crippen LogP contribution in [0.15, 0.2) is 12.4 Å². The predicted molar refractivity (Wildman–Crippen MR) is 117 cm³/mol. The van der Waals surface area contributed by atoms with Crippen molar-refractivity contribution in [2.24, 2.45) is 0 Å². The lowest BCUT2D eigenvalue weighted by atomic mass is 10.0. The first kappa shape index (κ1) is 23.4. The summed E-state index contributed by atoms with van der Waals surface area (Å²) in [6, 6.07) is 0.